The van der Waals surface area contributed by atoms with Gasteiger partial charge in [0.25, 0.3) is 0 Å². The lowest BCUT2D eigenvalue weighted by Crippen LogP contribution is -2.39. The van der Waals surface area contributed by atoms with Crippen LogP contribution in [0.3, 0.4) is 0 Å². The molecule has 2 saturated heterocycles. The SMILES string of the molecule is C1C2CC(C1OC1CC3CC1C1CC4OC4C31)C1CC3OC3C21. The highest BCUT2D eigenvalue weighted by atomic mass is 16.6. The minimum Gasteiger partial charge on any atom is -0.374 e. The Kier molecular flexibility index (Phi) is 1.97. The lowest BCUT2D eigenvalue weighted by atomic mass is 9.78. The zero-order valence-corrected chi connectivity index (χ0v) is 13.6. The topological polar surface area (TPSA) is 34.3 Å². The predicted octanol–water partition coefficient (Wildman–Crippen LogP) is 2.63. The van der Waals surface area contributed by atoms with Gasteiger partial charge in [-0.05, 0) is 85.9 Å². The van der Waals surface area contributed by atoms with Gasteiger partial charge >= 0.3 is 0 Å². The third-order valence-corrected chi connectivity index (χ3v) is 9.71. The summed E-state index contributed by atoms with van der Waals surface area (Å²) >= 11 is 0. The van der Waals surface area contributed by atoms with E-state index in [1.807, 2.05) is 0 Å². The van der Waals surface area contributed by atoms with Crippen LogP contribution in [0.15, 0.2) is 0 Å². The largest absolute Gasteiger partial charge is 0.374 e. The normalized spacial score (nSPS) is 74.6. The molecule has 6 aliphatic carbocycles. The molecule has 6 saturated carbocycles. The van der Waals surface area contributed by atoms with Crippen LogP contribution in [0, 0.1) is 47.3 Å². The van der Waals surface area contributed by atoms with Gasteiger partial charge in [-0.1, -0.05) is 0 Å². The third kappa shape index (κ3) is 1.36. The molecule has 2 heterocycles. The first-order chi connectivity index (χ1) is 11.3. The van der Waals surface area contributed by atoms with E-state index in [0.29, 0.717) is 36.6 Å². The van der Waals surface area contributed by atoms with Crippen LogP contribution < -0.4 is 0 Å². The fourth-order valence-corrected chi connectivity index (χ4v) is 9.07. The van der Waals surface area contributed by atoms with E-state index in [1.165, 1.54) is 38.5 Å². The standard InChI is InChI=1S/C20H26O3/c1-7-3-13(9(1)11-5-15-19(22-15)17(7)11)21-14-4-8-2-10(14)12-6-16-20(23-16)18(8)12/h7-20H,1-6H2. The van der Waals surface area contributed by atoms with Crippen molar-refractivity contribution < 1.29 is 14.2 Å². The fourth-order valence-electron chi connectivity index (χ4n) is 9.07. The highest BCUT2D eigenvalue weighted by Gasteiger charge is 2.69. The Hall–Kier alpha value is -0.120. The molecule has 0 radical (unpaired) electrons. The maximum Gasteiger partial charge on any atom is 0.0875 e. The number of rotatable bonds is 2. The van der Waals surface area contributed by atoms with Gasteiger partial charge in [-0.3, -0.25) is 0 Å². The lowest BCUT2D eigenvalue weighted by Gasteiger charge is -2.38. The Bertz CT molecular complexity index is 541. The van der Waals surface area contributed by atoms with Crippen molar-refractivity contribution in [2.75, 3.05) is 0 Å². The summed E-state index contributed by atoms with van der Waals surface area (Å²) in [5, 5.41) is 0. The molecule has 0 aromatic carbocycles. The average Bonchev–Trinajstić information content (AvgIpc) is 3.11. The van der Waals surface area contributed by atoms with Crippen molar-refractivity contribution in [3.05, 3.63) is 0 Å². The summed E-state index contributed by atoms with van der Waals surface area (Å²) in [5.74, 6) is 7.41. The van der Waals surface area contributed by atoms with Gasteiger partial charge in [-0.25, -0.2) is 0 Å². The van der Waals surface area contributed by atoms with E-state index in [-0.39, 0.29) is 0 Å². The molecule has 4 bridgehead atoms. The minimum atomic E-state index is 0.605. The van der Waals surface area contributed by atoms with E-state index in [4.69, 9.17) is 14.2 Å². The fraction of sp³-hybridized carbons (Fsp3) is 1.00. The summed E-state index contributed by atoms with van der Waals surface area (Å²) in [6, 6.07) is 0. The van der Waals surface area contributed by atoms with Gasteiger partial charge in [0, 0.05) is 0 Å². The van der Waals surface area contributed by atoms with E-state index < -0.39 is 0 Å². The average molecular weight is 314 g/mol. The first-order valence-electron chi connectivity index (χ1n) is 10.3. The van der Waals surface area contributed by atoms with Crippen molar-refractivity contribution in [2.24, 2.45) is 47.3 Å². The second-order valence-corrected chi connectivity index (χ2v) is 10.2. The van der Waals surface area contributed by atoms with Crippen LogP contribution in [0.5, 0.6) is 0 Å². The Morgan fingerprint density at radius 2 is 1.09 bits per heavy atom. The molecule has 0 amide bonds. The zero-order chi connectivity index (χ0) is 14.4. The van der Waals surface area contributed by atoms with E-state index in [9.17, 15) is 0 Å². The number of ether oxygens (including phenoxy) is 3. The molecule has 2 aliphatic heterocycles. The third-order valence-electron chi connectivity index (χ3n) is 9.71. The molecule has 8 aliphatic rings. The van der Waals surface area contributed by atoms with Crippen molar-refractivity contribution in [3.63, 3.8) is 0 Å². The Labute approximate surface area is 137 Å². The van der Waals surface area contributed by atoms with Crippen LogP contribution in [-0.2, 0) is 14.2 Å². The predicted molar refractivity (Wildman–Crippen MR) is 81.6 cm³/mol. The molecule has 124 valence electrons. The van der Waals surface area contributed by atoms with Gasteiger partial charge in [0.2, 0.25) is 0 Å². The molecular weight excluding hydrogens is 288 g/mol. The Morgan fingerprint density at radius 1 is 0.565 bits per heavy atom. The van der Waals surface area contributed by atoms with E-state index in [1.54, 1.807) is 0 Å². The summed E-state index contributed by atoms with van der Waals surface area (Å²) in [6.45, 7) is 0. The minimum absolute atomic E-state index is 0.605. The molecule has 8 fully saturated rings. The zero-order valence-electron chi connectivity index (χ0n) is 13.6. The number of fused-ring (bicyclic) bond motifs is 14. The molecular formula is C20H26O3. The van der Waals surface area contributed by atoms with Crippen molar-refractivity contribution in [3.8, 4) is 0 Å². The highest BCUT2D eigenvalue weighted by molar-refractivity contribution is 5.17. The molecule has 0 aromatic heterocycles. The summed E-state index contributed by atoms with van der Waals surface area (Å²) < 4.78 is 18.5. The number of epoxide rings is 2. The molecule has 14 atom stereocenters. The first-order valence-corrected chi connectivity index (χ1v) is 10.3. The van der Waals surface area contributed by atoms with Crippen LogP contribution in [0.4, 0.5) is 0 Å². The second kappa shape index (κ2) is 3.68. The Morgan fingerprint density at radius 3 is 1.61 bits per heavy atom. The van der Waals surface area contributed by atoms with Crippen molar-refractivity contribution in [1.82, 2.24) is 0 Å². The molecule has 3 nitrogen and oxygen atoms in total. The summed E-state index contributed by atoms with van der Waals surface area (Å²) in [7, 11) is 0. The summed E-state index contributed by atoms with van der Waals surface area (Å²) in [5.41, 5.74) is 0. The van der Waals surface area contributed by atoms with Crippen LogP contribution in [0.1, 0.15) is 38.5 Å². The lowest BCUT2D eigenvalue weighted by molar-refractivity contribution is -0.0986. The molecule has 0 spiro atoms. The van der Waals surface area contributed by atoms with Crippen molar-refractivity contribution in [2.45, 2.75) is 75.1 Å². The van der Waals surface area contributed by atoms with Gasteiger partial charge in [0.1, 0.15) is 0 Å². The molecule has 8 rings (SSSR count). The summed E-state index contributed by atoms with van der Waals surface area (Å²) in [6.07, 6.45) is 12.2. The van der Waals surface area contributed by atoms with Crippen LogP contribution in [-0.4, -0.2) is 36.6 Å². The highest BCUT2D eigenvalue weighted by Crippen LogP contribution is 2.67. The van der Waals surface area contributed by atoms with Crippen LogP contribution in [0.25, 0.3) is 0 Å². The monoisotopic (exact) mass is 314 g/mol. The maximum absolute atomic E-state index is 6.88. The molecule has 0 N–H and O–H groups in total. The first kappa shape index (κ1) is 12.3. The second-order valence-electron chi connectivity index (χ2n) is 10.2. The number of hydrogen-bond donors (Lipinski definition) is 0. The van der Waals surface area contributed by atoms with E-state index in [2.05, 4.69) is 0 Å². The number of hydrogen-bond acceptors (Lipinski definition) is 3. The molecule has 23 heavy (non-hydrogen) atoms. The van der Waals surface area contributed by atoms with Gasteiger partial charge in [-0.15, -0.1) is 0 Å². The van der Waals surface area contributed by atoms with Gasteiger partial charge < -0.3 is 14.2 Å². The van der Waals surface area contributed by atoms with Gasteiger partial charge in [0.15, 0.2) is 0 Å². The van der Waals surface area contributed by atoms with Gasteiger partial charge in [-0.2, -0.15) is 0 Å². The summed E-state index contributed by atoms with van der Waals surface area (Å²) in [4.78, 5) is 0. The van der Waals surface area contributed by atoms with E-state index in [0.717, 1.165) is 47.3 Å². The molecule has 3 heteroatoms. The van der Waals surface area contributed by atoms with Crippen LogP contribution >= 0.6 is 0 Å². The quantitative estimate of drug-likeness (QED) is 0.735. The molecule has 14 unspecified atom stereocenters. The Balaban J connectivity index is 1.02. The molecule has 0 aromatic rings. The van der Waals surface area contributed by atoms with Crippen molar-refractivity contribution >= 4 is 0 Å². The maximum atomic E-state index is 6.88. The smallest absolute Gasteiger partial charge is 0.0875 e. The van der Waals surface area contributed by atoms with E-state index >= 15 is 0 Å². The van der Waals surface area contributed by atoms with Gasteiger partial charge in [0.05, 0.1) is 36.6 Å². The van der Waals surface area contributed by atoms with Crippen LogP contribution in [0.2, 0.25) is 0 Å². The van der Waals surface area contributed by atoms with Crippen molar-refractivity contribution in [1.29, 1.82) is 0 Å².